The fraction of sp³-hybridized carbons (Fsp3) is 0.0667. The van der Waals surface area contributed by atoms with Gasteiger partial charge in [-0.2, -0.15) is 0 Å². The third kappa shape index (κ3) is 1.81. The maximum absolute atomic E-state index is 14.0. The van der Waals surface area contributed by atoms with E-state index in [1.807, 2.05) is 0 Å². The number of nitrogens with one attached hydrogen (secondary N) is 1. The molecule has 0 spiro atoms. The lowest BCUT2D eigenvalue weighted by Gasteiger charge is -2.03. The molecule has 3 aromatic rings. The molecular formula is C15H11FN2O. The zero-order valence-corrected chi connectivity index (χ0v) is 10.3. The number of aryl methyl sites for hydroxylation is 1. The Morgan fingerprint density at radius 2 is 2.11 bits per heavy atom. The van der Waals surface area contributed by atoms with Gasteiger partial charge in [0.2, 0.25) is 0 Å². The van der Waals surface area contributed by atoms with Crippen LogP contribution >= 0.6 is 0 Å². The average molecular weight is 254 g/mol. The Hall–Kier alpha value is -2.49. The zero-order valence-electron chi connectivity index (χ0n) is 10.3. The van der Waals surface area contributed by atoms with E-state index in [1.165, 1.54) is 6.07 Å². The summed E-state index contributed by atoms with van der Waals surface area (Å²) in [6.07, 6.45) is 4.84. The Bertz CT molecular complexity index is 777. The number of carbonyl (C=O) groups is 1. The van der Waals surface area contributed by atoms with Gasteiger partial charge < -0.3 is 4.98 Å². The van der Waals surface area contributed by atoms with Gasteiger partial charge in [0, 0.05) is 35.1 Å². The van der Waals surface area contributed by atoms with Crippen LogP contribution in [0.1, 0.15) is 21.5 Å². The van der Waals surface area contributed by atoms with Gasteiger partial charge in [0.1, 0.15) is 5.82 Å². The number of pyridine rings is 1. The number of fused-ring (bicyclic) bond motifs is 1. The SMILES string of the molecule is Cc1cccc(C(=O)c2c[nH]c3ccncc23)c1F. The summed E-state index contributed by atoms with van der Waals surface area (Å²) in [5, 5.41) is 0.702. The van der Waals surface area contributed by atoms with Crippen LogP contribution in [-0.2, 0) is 0 Å². The van der Waals surface area contributed by atoms with Crippen molar-refractivity contribution in [2.45, 2.75) is 6.92 Å². The van der Waals surface area contributed by atoms with Crippen LogP contribution in [0.3, 0.4) is 0 Å². The van der Waals surface area contributed by atoms with E-state index in [0.717, 1.165) is 5.52 Å². The van der Waals surface area contributed by atoms with Gasteiger partial charge in [-0.25, -0.2) is 4.39 Å². The van der Waals surface area contributed by atoms with Gasteiger partial charge >= 0.3 is 0 Å². The molecule has 0 saturated heterocycles. The third-order valence-corrected chi connectivity index (χ3v) is 3.16. The van der Waals surface area contributed by atoms with Crippen LogP contribution in [0.15, 0.2) is 42.9 Å². The van der Waals surface area contributed by atoms with Crippen LogP contribution in [0, 0.1) is 12.7 Å². The summed E-state index contributed by atoms with van der Waals surface area (Å²) in [6.45, 7) is 1.64. The number of aromatic nitrogens is 2. The molecule has 0 amide bonds. The summed E-state index contributed by atoms with van der Waals surface area (Å²) in [6, 6.07) is 6.60. The molecule has 0 bridgehead atoms. The Morgan fingerprint density at radius 1 is 1.26 bits per heavy atom. The fourth-order valence-corrected chi connectivity index (χ4v) is 2.12. The second-order valence-electron chi connectivity index (χ2n) is 4.39. The van der Waals surface area contributed by atoms with Gasteiger partial charge in [0.15, 0.2) is 5.78 Å². The van der Waals surface area contributed by atoms with Gasteiger partial charge in [0.25, 0.3) is 0 Å². The quantitative estimate of drug-likeness (QED) is 0.713. The number of ketones is 1. The topological polar surface area (TPSA) is 45.8 Å². The minimum absolute atomic E-state index is 0.0877. The number of benzene rings is 1. The fourth-order valence-electron chi connectivity index (χ4n) is 2.12. The van der Waals surface area contributed by atoms with Crippen LogP contribution in [0.2, 0.25) is 0 Å². The lowest BCUT2D eigenvalue weighted by atomic mass is 10.0. The summed E-state index contributed by atoms with van der Waals surface area (Å²) < 4.78 is 14.0. The first-order chi connectivity index (χ1) is 9.18. The largest absolute Gasteiger partial charge is 0.360 e. The first-order valence-corrected chi connectivity index (χ1v) is 5.89. The van der Waals surface area contributed by atoms with Crippen molar-refractivity contribution in [1.82, 2.24) is 9.97 Å². The van der Waals surface area contributed by atoms with Gasteiger partial charge in [0.05, 0.1) is 5.56 Å². The van der Waals surface area contributed by atoms with Crippen molar-refractivity contribution in [2.75, 3.05) is 0 Å². The predicted octanol–water partition coefficient (Wildman–Crippen LogP) is 3.24. The van der Waals surface area contributed by atoms with Crippen LogP contribution in [0.25, 0.3) is 10.9 Å². The smallest absolute Gasteiger partial charge is 0.198 e. The minimum Gasteiger partial charge on any atom is -0.360 e. The number of nitrogens with zero attached hydrogens (tertiary/aromatic N) is 1. The molecule has 0 aliphatic rings. The van der Waals surface area contributed by atoms with E-state index < -0.39 is 5.82 Å². The van der Waals surface area contributed by atoms with Gasteiger partial charge in [-0.3, -0.25) is 9.78 Å². The van der Waals surface area contributed by atoms with E-state index in [-0.39, 0.29) is 11.3 Å². The van der Waals surface area contributed by atoms with E-state index in [0.29, 0.717) is 16.5 Å². The van der Waals surface area contributed by atoms with Crippen molar-refractivity contribution < 1.29 is 9.18 Å². The molecule has 1 aromatic carbocycles. The molecule has 1 N–H and O–H groups in total. The summed E-state index contributed by atoms with van der Waals surface area (Å²) in [4.78, 5) is 19.4. The summed E-state index contributed by atoms with van der Waals surface area (Å²) in [5.41, 5.74) is 1.80. The van der Waals surface area contributed by atoms with Crippen molar-refractivity contribution in [1.29, 1.82) is 0 Å². The average Bonchev–Trinajstić information content (AvgIpc) is 2.85. The monoisotopic (exact) mass is 254 g/mol. The second kappa shape index (κ2) is 4.31. The second-order valence-corrected chi connectivity index (χ2v) is 4.39. The molecule has 94 valence electrons. The normalized spacial score (nSPS) is 10.8. The number of halogens is 1. The standard InChI is InChI=1S/C15H11FN2O/c1-9-3-2-4-10(14(9)16)15(19)12-8-18-13-5-6-17-7-11(12)13/h2-8,18H,1H3. The van der Waals surface area contributed by atoms with Gasteiger partial charge in [-0.05, 0) is 24.6 Å². The van der Waals surface area contributed by atoms with E-state index in [9.17, 15) is 9.18 Å². The minimum atomic E-state index is -0.467. The maximum Gasteiger partial charge on any atom is 0.198 e. The van der Waals surface area contributed by atoms with E-state index in [4.69, 9.17) is 0 Å². The predicted molar refractivity (Wildman–Crippen MR) is 70.7 cm³/mol. The van der Waals surface area contributed by atoms with Crippen molar-refractivity contribution in [3.05, 3.63) is 65.4 Å². The molecule has 2 heterocycles. The molecule has 0 atom stereocenters. The summed E-state index contributed by atoms with van der Waals surface area (Å²) in [7, 11) is 0. The first kappa shape index (κ1) is 11.6. The molecule has 0 saturated carbocycles. The Labute approximate surface area is 109 Å². The number of H-pyrrole nitrogens is 1. The summed E-state index contributed by atoms with van der Waals surface area (Å²) >= 11 is 0. The molecule has 3 rings (SSSR count). The molecule has 0 aliphatic heterocycles. The Balaban J connectivity index is 2.17. The van der Waals surface area contributed by atoms with Gasteiger partial charge in [-0.15, -0.1) is 0 Å². The van der Waals surface area contributed by atoms with Crippen molar-refractivity contribution in [3.63, 3.8) is 0 Å². The van der Waals surface area contributed by atoms with Crippen LogP contribution in [0.5, 0.6) is 0 Å². The molecule has 0 aliphatic carbocycles. The highest BCUT2D eigenvalue weighted by Crippen LogP contribution is 2.22. The van der Waals surface area contributed by atoms with E-state index in [2.05, 4.69) is 9.97 Å². The van der Waals surface area contributed by atoms with Crippen LogP contribution in [-0.4, -0.2) is 15.8 Å². The number of hydrogen-bond donors (Lipinski definition) is 1. The number of aromatic amines is 1. The van der Waals surface area contributed by atoms with Crippen molar-refractivity contribution >= 4 is 16.7 Å². The third-order valence-electron chi connectivity index (χ3n) is 3.16. The van der Waals surface area contributed by atoms with Crippen LogP contribution < -0.4 is 0 Å². The Kier molecular flexibility index (Phi) is 2.63. The van der Waals surface area contributed by atoms with E-state index in [1.54, 1.807) is 43.7 Å². The number of carbonyl (C=O) groups excluding carboxylic acids is 1. The van der Waals surface area contributed by atoms with Gasteiger partial charge in [-0.1, -0.05) is 12.1 Å². The molecule has 2 aromatic heterocycles. The lowest BCUT2D eigenvalue weighted by Crippen LogP contribution is -2.04. The van der Waals surface area contributed by atoms with Crippen molar-refractivity contribution in [2.24, 2.45) is 0 Å². The molecule has 19 heavy (non-hydrogen) atoms. The first-order valence-electron chi connectivity index (χ1n) is 5.89. The van der Waals surface area contributed by atoms with Crippen LogP contribution in [0.4, 0.5) is 4.39 Å². The lowest BCUT2D eigenvalue weighted by molar-refractivity contribution is 0.103. The Morgan fingerprint density at radius 3 is 2.95 bits per heavy atom. The summed E-state index contributed by atoms with van der Waals surface area (Å²) in [5.74, 6) is -0.800. The molecule has 4 heteroatoms. The number of hydrogen-bond acceptors (Lipinski definition) is 2. The van der Waals surface area contributed by atoms with E-state index >= 15 is 0 Å². The molecular weight excluding hydrogens is 243 g/mol. The molecule has 0 radical (unpaired) electrons. The molecule has 0 fully saturated rings. The highest BCUT2D eigenvalue weighted by atomic mass is 19.1. The highest BCUT2D eigenvalue weighted by molar-refractivity contribution is 6.16. The maximum atomic E-state index is 14.0. The van der Waals surface area contributed by atoms with Crippen molar-refractivity contribution in [3.8, 4) is 0 Å². The molecule has 3 nitrogen and oxygen atoms in total. The highest BCUT2D eigenvalue weighted by Gasteiger charge is 2.18. The molecule has 0 unspecified atom stereocenters. The zero-order chi connectivity index (χ0) is 13.4. The number of rotatable bonds is 2.